The Kier molecular flexibility index (Phi) is 14.8. The van der Waals surface area contributed by atoms with Crippen LogP contribution in [0.1, 0.15) is 66.6 Å². The van der Waals surface area contributed by atoms with Gasteiger partial charge in [0.2, 0.25) is 0 Å². The second-order valence-electron chi connectivity index (χ2n) is 15.7. The maximum atomic E-state index is 14.1. The molecule has 0 spiro atoms. The molecule has 0 aromatic heterocycles. The first-order chi connectivity index (χ1) is 30.6. The Morgan fingerprint density at radius 3 is 1.34 bits per heavy atom. The summed E-state index contributed by atoms with van der Waals surface area (Å²) in [5, 5.41) is 0. The van der Waals surface area contributed by atoms with Gasteiger partial charge in [-0.15, -0.1) is 0 Å². The van der Waals surface area contributed by atoms with Crippen LogP contribution < -0.4 is 23.8 Å². The van der Waals surface area contributed by atoms with E-state index in [1.807, 2.05) is 50.2 Å². The topological polar surface area (TPSA) is 74.3 Å². The molecular formula is C55H51F2NO6. The highest BCUT2D eigenvalue weighted by molar-refractivity contribution is 5.92. The van der Waals surface area contributed by atoms with Crippen LogP contribution in [0.4, 0.5) is 25.8 Å². The van der Waals surface area contributed by atoms with Gasteiger partial charge in [-0.25, -0.2) is 8.78 Å². The van der Waals surface area contributed by atoms with E-state index in [1.165, 1.54) is 56.3 Å². The van der Waals surface area contributed by atoms with E-state index >= 15 is 0 Å². The zero-order valence-electron chi connectivity index (χ0n) is 37.2. The van der Waals surface area contributed by atoms with Crippen LogP contribution in [0.25, 0.3) is 11.6 Å². The third kappa shape index (κ3) is 11.5. The third-order valence-electron chi connectivity index (χ3n) is 10.7. The molecule has 0 amide bonds. The Morgan fingerprint density at radius 1 is 0.516 bits per heavy atom. The van der Waals surface area contributed by atoms with Crippen molar-refractivity contribution in [2.45, 2.75) is 47.0 Å². The van der Waals surface area contributed by atoms with E-state index in [1.54, 1.807) is 19.2 Å². The third-order valence-corrected chi connectivity index (χ3v) is 10.7. The van der Waals surface area contributed by atoms with Crippen molar-refractivity contribution in [3.05, 3.63) is 208 Å². The van der Waals surface area contributed by atoms with E-state index in [0.717, 1.165) is 45.1 Å². The number of carbonyl (C=O) groups excluding carboxylic acids is 2. The first kappa shape index (κ1) is 46.0. The van der Waals surface area contributed by atoms with Gasteiger partial charge in [-0.1, -0.05) is 97.8 Å². The molecular weight excluding hydrogens is 809 g/mol. The number of hydrogen-bond acceptors (Lipinski definition) is 7. The molecule has 7 aromatic rings. The maximum Gasteiger partial charge on any atom is 0.308 e. The Balaban J connectivity index is 0.000000251. The molecule has 0 heterocycles. The quantitative estimate of drug-likeness (QED) is 0.0688. The fourth-order valence-electron chi connectivity index (χ4n) is 7.04. The van der Waals surface area contributed by atoms with E-state index in [2.05, 4.69) is 110 Å². The summed E-state index contributed by atoms with van der Waals surface area (Å²) in [4.78, 5) is 24.6. The minimum absolute atomic E-state index is 0.127. The molecule has 9 heteroatoms. The zero-order chi connectivity index (χ0) is 46.0. The standard InChI is InChI=1S/C37H33NO3.C18H18F2O3/c1-26-5-15-32(16-6-26)38(33-17-7-27(2)8-18-33)34-19-9-29(10-20-34)25-37(30-11-21-35(40-4)22-12-30)31-13-23-36(24-14-31)41-28(3)39;1-11(21)23-17-8-6-13(10-15(17)20)18(2,3)12-5-7-16(22-4)14(19)9-12/h5-25H,1-4H3;5-10H,1-4H3. The minimum atomic E-state index is -0.639. The van der Waals surface area contributed by atoms with Gasteiger partial charge < -0.3 is 23.8 Å². The molecule has 0 saturated carbocycles. The van der Waals surface area contributed by atoms with E-state index in [4.69, 9.17) is 18.9 Å². The summed E-state index contributed by atoms with van der Waals surface area (Å²) in [6, 6.07) is 50.4. The van der Waals surface area contributed by atoms with E-state index in [-0.39, 0.29) is 17.5 Å². The van der Waals surface area contributed by atoms with Crippen molar-refractivity contribution in [1.29, 1.82) is 0 Å². The first-order valence-corrected chi connectivity index (χ1v) is 20.7. The molecule has 0 aliphatic heterocycles. The van der Waals surface area contributed by atoms with Crippen LogP contribution in [0.15, 0.2) is 158 Å². The smallest absolute Gasteiger partial charge is 0.308 e. The molecule has 64 heavy (non-hydrogen) atoms. The Labute approximate surface area is 374 Å². The lowest BCUT2D eigenvalue weighted by atomic mass is 9.78. The van der Waals surface area contributed by atoms with Gasteiger partial charge in [-0.3, -0.25) is 9.59 Å². The van der Waals surface area contributed by atoms with Crippen molar-refractivity contribution >= 4 is 40.6 Å². The SMILES string of the molecule is COc1ccc(C(=Cc2ccc(N(c3ccc(C)cc3)c3ccc(C)cc3)cc2)c2ccc(OC(C)=O)cc2)cc1.COc1ccc(C(C)(C)c2ccc(OC(C)=O)c(F)c2)cc1F. The molecule has 7 aromatic carbocycles. The van der Waals surface area contributed by atoms with Gasteiger partial charge in [-0.2, -0.15) is 0 Å². The van der Waals surface area contributed by atoms with Gasteiger partial charge >= 0.3 is 11.9 Å². The number of benzene rings is 7. The average Bonchev–Trinajstić information content (AvgIpc) is 3.28. The molecule has 0 aliphatic carbocycles. The highest BCUT2D eigenvalue weighted by Crippen LogP contribution is 2.37. The van der Waals surface area contributed by atoms with Crippen LogP contribution in [-0.4, -0.2) is 26.2 Å². The van der Waals surface area contributed by atoms with Crippen LogP contribution in [0.5, 0.6) is 23.0 Å². The molecule has 0 atom stereocenters. The molecule has 7 rings (SSSR count). The lowest BCUT2D eigenvalue weighted by Crippen LogP contribution is -2.19. The molecule has 0 fully saturated rings. The average molecular weight is 860 g/mol. The van der Waals surface area contributed by atoms with Gasteiger partial charge in [0.1, 0.15) is 11.5 Å². The van der Waals surface area contributed by atoms with Crippen molar-refractivity contribution in [3.63, 3.8) is 0 Å². The van der Waals surface area contributed by atoms with Crippen LogP contribution in [-0.2, 0) is 15.0 Å². The number of anilines is 3. The Hall–Kier alpha value is -7.52. The van der Waals surface area contributed by atoms with Crippen molar-refractivity contribution in [3.8, 4) is 23.0 Å². The van der Waals surface area contributed by atoms with Gasteiger partial charge in [0.15, 0.2) is 23.1 Å². The number of hydrogen-bond donors (Lipinski definition) is 0. The summed E-state index contributed by atoms with van der Waals surface area (Å²) in [6.07, 6.45) is 2.18. The number of rotatable bonds is 12. The summed E-state index contributed by atoms with van der Waals surface area (Å²) in [6.45, 7) is 10.5. The molecule has 7 nitrogen and oxygen atoms in total. The van der Waals surface area contributed by atoms with Gasteiger partial charge in [0.05, 0.1) is 14.2 Å². The molecule has 0 radical (unpaired) electrons. The molecule has 0 bridgehead atoms. The number of nitrogens with zero attached hydrogens (tertiary/aromatic N) is 1. The van der Waals surface area contributed by atoms with Crippen molar-refractivity contribution in [2.24, 2.45) is 0 Å². The number of carbonyl (C=O) groups is 2. The number of ether oxygens (including phenoxy) is 4. The molecule has 0 saturated heterocycles. The van der Waals surface area contributed by atoms with Gasteiger partial charge in [0, 0.05) is 36.3 Å². The Bertz CT molecular complexity index is 2680. The van der Waals surface area contributed by atoms with E-state index in [9.17, 15) is 18.4 Å². The van der Waals surface area contributed by atoms with Crippen LogP contribution in [0, 0.1) is 25.5 Å². The summed E-state index contributed by atoms with van der Waals surface area (Å²) in [5.74, 6) is -0.696. The van der Waals surface area contributed by atoms with Crippen molar-refractivity contribution < 1.29 is 37.3 Å². The summed E-state index contributed by atoms with van der Waals surface area (Å²) in [7, 11) is 3.06. The van der Waals surface area contributed by atoms with Crippen molar-refractivity contribution in [1.82, 2.24) is 0 Å². The summed E-state index contributed by atoms with van der Waals surface area (Å²) >= 11 is 0. The number of esters is 2. The molecule has 0 N–H and O–H groups in total. The summed E-state index contributed by atoms with van der Waals surface area (Å²) < 4.78 is 48.3. The normalized spacial score (nSPS) is 11.2. The lowest BCUT2D eigenvalue weighted by molar-refractivity contribution is -0.132. The largest absolute Gasteiger partial charge is 0.497 e. The van der Waals surface area contributed by atoms with Gasteiger partial charge in [-0.05, 0) is 138 Å². The minimum Gasteiger partial charge on any atom is -0.497 e. The second kappa shape index (κ2) is 20.6. The summed E-state index contributed by atoms with van der Waals surface area (Å²) in [5.41, 5.74) is 10.6. The number of halogens is 2. The lowest BCUT2D eigenvalue weighted by Gasteiger charge is -2.26. The van der Waals surface area contributed by atoms with E-state index < -0.39 is 23.0 Å². The predicted molar refractivity (Wildman–Crippen MR) is 251 cm³/mol. The van der Waals surface area contributed by atoms with Crippen LogP contribution in [0.2, 0.25) is 0 Å². The molecule has 0 unspecified atom stereocenters. The maximum absolute atomic E-state index is 14.1. The van der Waals surface area contributed by atoms with E-state index in [0.29, 0.717) is 16.9 Å². The fourth-order valence-corrected chi connectivity index (χ4v) is 7.04. The van der Waals surface area contributed by atoms with Crippen LogP contribution in [0.3, 0.4) is 0 Å². The Morgan fingerprint density at radius 2 is 0.938 bits per heavy atom. The first-order valence-electron chi connectivity index (χ1n) is 20.7. The van der Waals surface area contributed by atoms with Crippen molar-refractivity contribution in [2.75, 3.05) is 19.1 Å². The second-order valence-corrected chi connectivity index (χ2v) is 15.7. The number of methoxy groups -OCH3 is 2. The van der Waals surface area contributed by atoms with Crippen LogP contribution >= 0.6 is 0 Å². The molecule has 0 aliphatic rings. The monoisotopic (exact) mass is 859 g/mol. The highest BCUT2D eigenvalue weighted by atomic mass is 19.1. The zero-order valence-corrected chi connectivity index (χ0v) is 37.2. The predicted octanol–water partition coefficient (Wildman–Crippen LogP) is 13.5. The number of aryl methyl sites for hydroxylation is 2. The van der Waals surface area contributed by atoms with Gasteiger partial charge in [0.25, 0.3) is 0 Å². The fraction of sp³-hybridized carbons (Fsp3) is 0.164. The highest BCUT2D eigenvalue weighted by Gasteiger charge is 2.26. The molecule has 326 valence electrons.